The van der Waals surface area contributed by atoms with Crippen LogP contribution in [0.3, 0.4) is 0 Å². The highest BCUT2D eigenvalue weighted by atomic mass is 15.0. The van der Waals surface area contributed by atoms with Crippen molar-refractivity contribution in [2.45, 2.75) is 38.5 Å². The summed E-state index contributed by atoms with van der Waals surface area (Å²) in [5.74, 6) is 0. The minimum Gasteiger partial charge on any atom is -0.308 e. The predicted molar refractivity (Wildman–Crippen MR) is 271 cm³/mol. The smallest absolute Gasteiger partial charge is 0.101 e. The molecule has 0 unspecified atom stereocenters. The van der Waals surface area contributed by atoms with Gasteiger partial charge >= 0.3 is 0 Å². The van der Waals surface area contributed by atoms with Gasteiger partial charge in [0.15, 0.2) is 0 Å². The highest BCUT2D eigenvalue weighted by molar-refractivity contribution is 6.14. The monoisotopic (exact) mass is 842 g/mol. The lowest BCUT2D eigenvalue weighted by Crippen LogP contribution is -2.15. The summed E-state index contributed by atoms with van der Waals surface area (Å²) in [5.41, 5.74) is 20.5. The second-order valence-electron chi connectivity index (χ2n) is 19.1. The Morgan fingerprint density at radius 2 is 0.712 bits per heavy atom. The van der Waals surface area contributed by atoms with E-state index in [1.807, 2.05) is 24.3 Å². The van der Waals surface area contributed by atoms with Crippen molar-refractivity contribution in [3.63, 3.8) is 0 Å². The molecule has 0 spiro atoms. The molecular formula is C62H42N4. The van der Waals surface area contributed by atoms with Gasteiger partial charge in [0, 0.05) is 32.4 Å². The zero-order valence-corrected chi connectivity index (χ0v) is 37.1. The molecule has 0 atom stereocenters. The lowest BCUT2D eigenvalue weighted by atomic mass is 9.82. The molecule has 66 heavy (non-hydrogen) atoms. The van der Waals surface area contributed by atoms with Crippen LogP contribution in [0.5, 0.6) is 0 Å². The number of benzene rings is 9. The summed E-state index contributed by atoms with van der Waals surface area (Å²) in [4.78, 5) is 0. The average Bonchev–Trinajstić information content (AvgIpc) is 4.00. The Bertz CT molecular complexity index is 3730. The van der Waals surface area contributed by atoms with Gasteiger partial charge in [-0.25, -0.2) is 0 Å². The molecule has 9 aromatic carbocycles. The second kappa shape index (κ2) is 13.5. The molecule has 0 saturated heterocycles. The molecule has 11 aromatic rings. The van der Waals surface area contributed by atoms with E-state index in [-0.39, 0.29) is 10.8 Å². The minimum atomic E-state index is -0.233. The molecule has 2 aromatic heterocycles. The molecule has 0 aliphatic heterocycles. The van der Waals surface area contributed by atoms with E-state index in [9.17, 15) is 10.5 Å². The van der Waals surface area contributed by atoms with Gasteiger partial charge in [-0.2, -0.15) is 10.5 Å². The maximum atomic E-state index is 11.3. The topological polar surface area (TPSA) is 57.4 Å². The van der Waals surface area contributed by atoms with E-state index in [2.05, 4.69) is 207 Å². The number of hydrogen-bond acceptors (Lipinski definition) is 2. The van der Waals surface area contributed by atoms with Gasteiger partial charge in [-0.05, 0) is 127 Å². The van der Waals surface area contributed by atoms with E-state index < -0.39 is 0 Å². The van der Waals surface area contributed by atoms with E-state index in [4.69, 9.17) is 0 Å². The van der Waals surface area contributed by atoms with Crippen LogP contribution in [0.4, 0.5) is 0 Å². The first-order valence-electron chi connectivity index (χ1n) is 22.7. The molecule has 2 aliphatic rings. The lowest BCUT2D eigenvalue weighted by molar-refractivity contribution is 0.661. The van der Waals surface area contributed by atoms with Crippen LogP contribution in [0.1, 0.15) is 61.1 Å². The Hall–Kier alpha value is -8.44. The molecule has 0 N–H and O–H groups in total. The van der Waals surface area contributed by atoms with Crippen LogP contribution in [-0.4, -0.2) is 9.13 Å². The molecule has 0 bridgehead atoms. The third-order valence-electron chi connectivity index (χ3n) is 15.0. The highest BCUT2D eigenvalue weighted by Crippen LogP contribution is 2.53. The van der Waals surface area contributed by atoms with Gasteiger partial charge in [0.2, 0.25) is 0 Å². The fraction of sp³-hybridized carbons (Fsp3) is 0.0968. The van der Waals surface area contributed by atoms with Gasteiger partial charge in [-0.15, -0.1) is 0 Å². The van der Waals surface area contributed by atoms with Crippen molar-refractivity contribution in [3.05, 3.63) is 215 Å². The summed E-state index contributed by atoms with van der Waals surface area (Å²) < 4.78 is 4.46. The Labute approximate surface area is 383 Å². The summed E-state index contributed by atoms with van der Waals surface area (Å²) in [6, 6.07) is 70.3. The first-order chi connectivity index (χ1) is 32.1. The van der Waals surface area contributed by atoms with Crippen molar-refractivity contribution < 1.29 is 0 Å². The highest BCUT2D eigenvalue weighted by Gasteiger charge is 2.38. The number of rotatable bonds is 4. The van der Waals surface area contributed by atoms with Crippen molar-refractivity contribution in [1.29, 1.82) is 10.5 Å². The van der Waals surface area contributed by atoms with Crippen LogP contribution in [-0.2, 0) is 10.8 Å². The summed E-state index contributed by atoms with van der Waals surface area (Å²) in [7, 11) is 0. The third kappa shape index (κ3) is 5.13. The largest absolute Gasteiger partial charge is 0.308 e. The SMILES string of the molecule is CC1(C)c2ccccc2-c2cc3c4cc(-c5ccccc5)ccc4n(-c4cc(C#N)c(-n5c6ccc(-c7ccccc7)cc6c6cc7c(cc65)C(C)(C)c5ccccc5-7)cc4C#N)c3cc21. The standard InChI is InChI=1S/C62H42N4/c1-61(2)51-21-13-11-19-43(51)45-31-49-47-27-39(37-15-7-5-8-16-37)23-25-55(47)65(59(49)33-53(45)61)57-29-42(36-64)58(30-41(57)35-63)66-56-26-24-40(38-17-9-6-10-18-38)28-48(56)50-32-46-44-20-12-14-22-52(44)62(3,4)54(46)34-60(50)66/h5-34H,1-4H3. The molecule has 4 nitrogen and oxygen atoms in total. The van der Waals surface area contributed by atoms with Crippen LogP contribution < -0.4 is 0 Å². The minimum absolute atomic E-state index is 0.233. The summed E-state index contributed by atoms with van der Waals surface area (Å²) in [5, 5.41) is 27.1. The molecule has 4 heteroatoms. The normalized spacial score (nSPS) is 14.0. The van der Waals surface area contributed by atoms with Crippen LogP contribution in [0.15, 0.2) is 182 Å². The molecular weight excluding hydrogens is 801 g/mol. The number of fused-ring (bicyclic) bond motifs is 12. The zero-order chi connectivity index (χ0) is 44.6. The molecule has 2 aliphatic carbocycles. The maximum absolute atomic E-state index is 11.3. The van der Waals surface area contributed by atoms with E-state index in [1.165, 1.54) is 44.5 Å². The Kier molecular flexibility index (Phi) is 7.81. The first kappa shape index (κ1) is 38.1. The van der Waals surface area contributed by atoms with E-state index in [0.717, 1.165) is 65.9 Å². The van der Waals surface area contributed by atoms with Gasteiger partial charge in [0.25, 0.3) is 0 Å². The number of hydrogen-bond donors (Lipinski definition) is 0. The van der Waals surface area contributed by atoms with E-state index in [0.29, 0.717) is 22.5 Å². The zero-order valence-electron chi connectivity index (χ0n) is 37.1. The van der Waals surface area contributed by atoms with Crippen molar-refractivity contribution in [3.8, 4) is 68.0 Å². The Balaban J connectivity index is 1.09. The Morgan fingerprint density at radius 3 is 1.12 bits per heavy atom. The molecule has 2 heterocycles. The van der Waals surface area contributed by atoms with Crippen molar-refractivity contribution in [1.82, 2.24) is 9.13 Å². The van der Waals surface area contributed by atoms with Gasteiger partial charge in [-0.3, -0.25) is 0 Å². The molecule has 310 valence electrons. The van der Waals surface area contributed by atoms with Gasteiger partial charge < -0.3 is 9.13 Å². The molecule has 0 amide bonds. The quantitative estimate of drug-likeness (QED) is 0.177. The van der Waals surface area contributed by atoms with Crippen LogP contribution in [0, 0.1) is 22.7 Å². The molecule has 13 rings (SSSR count). The summed E-state index contributed by atoms with van der Waals surface area (Å²) >= 11 is 0. The van der Waals surface area contributed by atoms with Crippen molar-refractivity contribution in [2.75, 3.05) is 0 Å². The number of nitrogens with zero attached hydrogens (tertiary/aromatic N) is 4. The van der Waals surface area contributed by atoms with Crippen molar-refractivity contribution in [2.24, 2.45) is 0 Å². The Morgan fingerprint density at radius 1 is 0.333 bits per heavy atom. The van der Waals surface area contributed by atoms with Crippen LogP contribution in [0.25, 0.3) is 99.5 Å². The van der Waals surface area contributed by atoms with E-state index in [1.54, 1.807) is 0 Å². The fourth-order valence-electron chi connectivity index (χ4n) is 11.7. The molecule has 0 fully saturated rings. The number of nitriles is 2. The summed E-state index contributed by atoms with van der Waals surface area (Å²) in [6.45, 7) is 9.21. The van der Waals surface area contributed by atoms with Gasteiger partial charge in [0.05, 0.1) is 44.6 Å². The lowest BCUT2D eigenvalue weighted by Gasteiger charge is -2.22. The van der Waals surface area contributed by atoms with Crippen molar-refractivity contribution >= 4 is 43.6 Å². The van der Waals surface area contributed by atoms with Gasteiger partial charge in [-0.1, -0.05) is 149 Å². The van der Waals surface area contributed by atoms with Gasteiger partial charge in [0.1, 0.15) is 12.1 Å². The predicted octanol–water partition coefficient (Wildman–Crippen LogP) is 15.6. The molecule has 0 radical (unpaired) electrons. The third-order valence-corrected chi connectivity index (χ3v) is 15.0. The van der Waals surface area contributed by atoms with Crippen LogP contribution in [0.2, 0.25) is 0 Å². The van der Waals surface area contributed by atoms with E-state index >= 15 is 0 Å². The van der Waals surface area contributed by atoms with Crippen LogP contribution >= 0.6 is 0 Å². The fourth-order valence-corrected chi connectivity index (χ4v) is 11.7. The second-order valence-corrected chi connectivity index (χ2v) is 19.1. The number of aromatic nitrogens is 2. The maximum Gasteiger partial charge on any atom is 0.101 e. The summed E-state index contributed by atoms with van der Waals surface area (Å²) in [6.07, 6.45) is 0. The average molecular weight is 843 g/mol. The first-order valence-corrected chi connectivity index (χ1v) is 22.7. The molecule has 0 saturated carbocycles.